The second kappa shape index (κ2) is 44.3. The number of carboxylic acids is 1. The van der Waals surface area contributed by atoms with E-state index in [9.17, 15) is 19.5 Å². The normalized spacial score (nSPS) is 13.5. The smallest absolute Gasteiger partial charge is 0.306 e. The lowest BCUT2D eigenvalue weighted by Gasteiger charge is -2.26. The van der Waals surface area contributed by atoms with Gasteiger partial charge in [0, 0.05) is 12.8 Å². The summed E-state index contributed by atoms with van der Waals surface area (Å²) < 4.78 is 22.5. The Balaban J connectivity index is 4.29. The lowest BCUT2D eigenvalue weighted by atomic mass is 10.1. The van der Waals surface area contributed by atoms with E-state index >= 15 is 0 Å². The number of unbranched alkanes of at least 4 members (excludes halogenated alkanes) is 17. The lowest BCUT2D eigenvalue weighted by molar-refractivity contribution is -0.870. The molecule has 0 saturated heterocycles. The van der Waals surface area contributed by atoms with E-state index in [0.29, 0.717) is 17.4 Å². The molecule has 0 N–H and O–H groups in total. The molecule has 9 nitrogen and oxygen atoms in total. The zero-order chi connectivity index (χ0) is 45.6. The Bertz CT molecular complexity index is 1240. The minimum atomic E-state index is -1.62. The van der Waals surface area contributed by atoms with Crippen LogP contribution in [0.3, 0.4) is 0 Å². The van der Waals surface area contributed by atoms with Gasteiger partial charge in [-0.3, -0.25) is 9.59 Å². The summed E-state index contributed by atoms with van der Waals surface area (Å²) in [6, 6.07) is 0. The van der Waals surface area contributed by atoms with Crippen molar-refractivity contribution in [1.82, 2.24) is 0 Å². The molecule has 0 aromatic rings. The van der Waals surface area contributed by atoms with Crippen molar-refractivity contribution in [3.63, 3.8) is 0 Å². The summed E-state index contributed by atoms with van der Waals surface area (Å²) in [6.45, 7) is 4.59. The van der Waals surface area contributed by atoms with E-state index in [1.165, 1.54) is 70.6 Å². The monoisotopic (exact) mass is 870 g/mol. The molecule has 0 aromatic heterocycles. The molecule has 2 atom stereocenters. The molecule has 0 rings (SSSR count). The summed E-state index contributed by atoms with van der Waals surface area (Å²) in [7, 11) is 5.90. The van der Waals surface area contributed by atoms with Gasteiger partial charge in [0.05, 0.1) is 40.3 Å². The highest BCUT2D eigenvalue weighted by atomic mass is 16.7. The van der Waals surface area contributed by atoms with Crippen molar-refractivity contribution >= 4 is 17.9 Å². The Morgan fingerprint density at radius 3 is 1.37 bits per heavy atom. The number of aliphatic carboxylic acids is 1. The third kappa shape index (κ3) is 44.8. The van der Waals surface area contributed by atoms with Crippen LogP contribution in [0.25, 0.3) is 0 Å². The standard InChI is InChI=1S/C53H91NO8/c1-6-8-10-12-14-16-18-19-20-21-22-23-24-25-26-27-28-29-30-31-32-33-34-36-38-40-42-44-51(56)62-49(48-61-53(52(57)58)59-46-45-54(3,4)5)47-60-50(55)43-41-39-37-35-17-15-13-11-9-7-2/h8,10,14,16,19-20,22-23,25-26,28-29,49,53H,6-7,9,11-13,15,17-18,21,24,27,30-48H2,1-5H3/b10-8-,16-14-,20-19-,23-22-,26-25-,29-28-. The molecule has 0 amide bonds. The third-order valence-corrected chi connectivity index (χ3v) is 10.2. The molecule has 0 aliphatic rings. The molecule has 0 bridgehead atoms. The molecule has 0 heterocycles. The van der Waals surface area contributed by atoms with Gasteiger partial charge < -0.3 is 33.3 Å². The van der Waals surface area contributed by atoms with Crippen LogP contribution in [-0.4, -0.2) is 82.3 Å². The van der Waals surface area contributed by atoms with Gasteiger partial charge in [0.1, 0.15) is 13.2 Å². The topological polar surface area (TPSA) is 111 Å². The molecular weight excluding hydrogens is 779 g/mol. The average Bonchev–Trinajstić information content (AvgIpc) is 3.23. The fourth-order valence-corrected chi connectivity index (χ4v) is 6.42. The number of carbonyl (C=O) groups excluding carboxylic acids is 3. The first-order chi connectivity index (χ1) is 30.1. The highest BCUT2D eigenvalue weighted by molar-refractivity contribution is 5.70. The Morgan fingerprint density at radius 2 is 0.919 bits per heavy atom. The molecule has 0 aromatic carbocycles. The van der Waals surface area contributed by atoms with E-state index in [4.69, 9.17) is 18.9 Å². The summed E-state index contributed by atoms with van der Waals surface area (Å²) in [5.74, 6) is -2.30. The molecular formula is C53H91NO8. The Kier molecular flexibility index (Phi) is 42.0. The van der Waals surface area contributed by atoms with Gasteiger partial charge >= 0.3 is 11.9 Å². The first-order valence-corrected chi connectivity index (χ1v) is 24.6. The number of quaternary nitrogens is 1. The quantitative estimate of drug-likeness (QED) is 0.0196. The Hall–Kier alpha value is -3.27. The predicted octanol–water partition coefficient (Wildman–Crippen LogP) is 12.2. The van der Waals surface area contributed by atoms with E-state index in [-0.39, 0.29) is 38.6 Å². The van der Waals surface area contributed by atoms with Gasteiger partial charge in [0.2, 0.25) is 0 Å². The molecule has 9 heteroatoms. The second-order valence-corrected chi connectivity index (χ2v) is 17.4. The molecule has 0 spiro atoms. The highest BCUT2D eigenvalue weighted by Gasteiger charge is 2.21. The van der Waals surface area contributed by atoms with Crippen LogP contribution in [0.5, 0.6) is 0 Å². The number of carbonyl (C=O) groups is 3. The maximum Gasteiger partial charge on any atom is 0.306 e. The summed E-state index contributed by atoms with van der Waals surface area (Å²) in [5, 5.41) is 11.7. The number of esters is 2. The SMILES string of the molecule is CC/C=C\C/C=C\C/C=C\C/C=C\C/C=C\C/C=C\CCCCCCCCCCC(=O)OC(COC(=O)CCCCCCCCCCCC)COC(OCC[N+](C)(C)C)C(=O)[O-]. The van der Waals surface area contributed by atoms with E-state index < -0.39 is 24.3 Å². The fourth-order valence-electron chi connectivity index (χ4n) is 6.42. The third-order valence-electron chi connectivity index (χ3n) is 10.2. The Labute approximate surface area is 379 Å². The van der Waals surface area contributed by atoms with Gasteiger partial charge in [-0.1, -0.05) is 183 Å². The summed E-state index contributed by atoms with van der Waals surface area (Å²) in [6.07, 6.45) is 52.3. The predicted molar refractivity (Wildman–Crippen MR) is 255 cm³/mol. The molecule has 0 aliphatic carbocycles. The summed E-state index contributed by atoms with van der Waals surface area (Å²) in [4.78, 5) is 37.0. The van der Waals surface area contributed by atoms with Crippen molar-refractivity contribution in [2.45, 2.75) is 200 Å². The maximum atomic E-state index is 12.8. The molecule has 0 aliphatic heterocycles. The first-order valence-electron chi connectivity index (χ1n) is 24.6. The highest BCUT2D eigenvalue weighted by Crippen LogP contribution is 2.14. The van der Waals surface area contributed by atoms with Crippen LogP contribution in [0.1, 0.15) is 187 Å². The summed E-state index contributed by atoms with van der Waals surface area (Å²) >= 11 is 0. The van der Waals surface area contributed by atoms with Crippen LogP contribution in [-0.2, 0) is 33.3 Å². The van der Waals surface area contributed by atoms with Crippen LogP contribution >= 0.6 is 0 Å². The van der Waals surface area contributed by atoms with Gasteiger partial charge in [-0.15, -0.1) is 0 Å². The Morgan fingerprint density at radius 1 is 0.500 bits per heavy atom. The van der Waals surface area contributed by atoms with Crippen molar-refractivity contribution in [3.8, 4) is 0 Å². The molecule has 2 unspecified atom stereocenters. The van der Waals surface area contributed by atoms with Crippen LogP contribution in [0.4, 0.5) is 0 Å². The number of hydrogen-bond acceptors (Lipinski definition) is 8. The van der Waals surface area contributed by atoms with Gasteiger partial charge in [0.25, 0.3) is 0 Å². The molecule has 0 radical (unpaired) electrons. The maximum absolute atomic E-state index is 12.8. The van der Waals surface area contributed by atoms with Gasteiger partial charge in [-0.05, 0) is 64.2 Å². The minimum Gasteiger partial charge on any atom is -0.545 e. The second-order valence-electron chi connectivity index (χ2n) is 17.4. The summed E-state index contributed by atoms with van der Waals surface area (Å²) in [5.41, 5.74) is 0. The van der Waals surface area contributed by atoms with E-state index in [1.54, 1.807) is 0 Å². The van der Waals surface area contributed by atoms with Crippen molar-refractivity contribution < 1.29 is 42.9 Å². The first kappa shape index (κ1) is 58.7. The molecule has 0 fully saturated rings. The van der Waals surface area contributed by atoms with Crippen molar-refractivity contribution in [1.29, 1.82) is 0 Å². The fraction of sp³-hybridized carbons (Fsp3) is 0.717. The van der Waals surface area contributed by atoms with Crippen molar-refractivity contribution in [3.05, 3.63) is 72.9 Å². The van der Waals surface area contributed by atoms with Crippen LogP contribution in [0, 0.1) is 0 Å². The van der Waals surface area contributed by atoms with E-state index in [0.717, 1.165) is 83.5 Å². The molecule has 62 heavy (non-hydrogen) atoms. The number of likely N-dealkylation sites (N-methyl/N-ethyl adjacent to an activating group) is 1. The zero-order valence-electron chi connectivity index (χ0n) is 40.2. The number of nitrogens with zero attached hydrogens (tertiary/aromatic N) is 1. The van der Waals surface area contributed by atoms with Crippen LogP contribution in [0.15, 0.2) is 72.9 Å². The van der Waals surface area contributed by atoms with Gasteiger partial charge in [-0.25, -0.2) is 0 Å². The molecule has 356 valence electrons. The average molecular weight is 870 g/mol. The largest absolute Gasteiger partial charge is 0.545 e. The van der Waals surface area contributed by atoms with Crippen molar-refractivity contribution in [2.24, 2.45) is 0 Å². The van der Waals surface area contributed by atoms with Crippen LogP contribution in [0.2, 0.25) is 0 Å². The number of ether oxygens (including phenoxy) is 4. The van der Waals surface area contributed by atoms with Gasteiger partial charge in [-0.2, -0.15) is 0 Å². The minimum absolute atomic E-state index is 0.144. The number of carboxylic acid groups (broad SMARTS) is 1. The zero-order valence-corrected chi connectivity index (χ0v) is 40.2. The van der Waals surface area contributed by atoms with Crippen molar-refractivity contribution in [2.75, 3.05) is 47.5 Å². The lowest BCUT2D eigenvalue weighted by Crippen LogP contribution is -2.44. The number of allylic oxidation sites excluding steroid dienone is 12. The van der Waals surface area contributed by atoms with E-state index in [2.05, 4.69) is 86.8 Å². The number of rotatable bonds is 44. The van der Waals surface area contributed by atoms with Crippen LogP contribution < -0.4 is 5.11 Å². The van der Waals surface area contributed by atoms with E-state index in [1.807, 2.05) is 21.1 Å². The number of hydrogen-bond donors (Lipinski definition) is 0. The van der Waals surface area contributed by atoms with Gasteiger partial charge in [0.15, 0.2) is 12.4 Å². The molecule has 0 saturated carbocycles.